The predicted molar refractivity (Wildman–Crippen MR) is 80.6 cm³/mol. The molecule has 0 atom stereocenters. The number of nitrogens with one attached hydrogen (secondary N) is 2. The topological polar surface area (TPSA) is 125 Å². The van der Waals surface area contributed by atoms with E-state index in [4.69, 9.17) is 5.11 Å². The Morgan fingerprint density at radius 1 is 1.17 bits per heavy atom. The number of amides is 1. The van der Waals surface area contributed by atoms with Gasteiger partial charge >= 0.3 is 5.97 Å². The summed E-state index contributed by atoms with van der Waals surface area (Å²) in [6.45, 7) is 0. The number of carboxylic acids is 1. The van der Waals surface area contributed by atoms with Crippen LogP contribution in [0, 0.1) is 0 Å². The van der Waals surface area contributed by atoms with Crippen molar-refractivity contribution in [3.05, 3.63) is 53.6 Å². The molecule has 0 spiro atoms. The molecule has 23 heavy (non-hydrogen) atoms. The zero-order valence-corrected chi connectivity index (χ0v) is 11.6. The van der Waals surface area contributed by atoms with Gasteiger partial charge in [0, 0.05) is 6.20 Å². The van der Waals surface area contributed by atoms with Crippen LogP contribution in [0.2, 0.25) is 0 Å². The van der Waals surface area contributed by atoms with Crippen molar-refractivity contribution in [2.75, 3.05) is 5.32 Å². The number of fused-ring (bicyclic) bond motifs is 1. The highest BCUT2D eigenvalue weighted by Crippen LogP contribution is 2.22. The first kappa shape index (κ1) is 14.4. The van der Waals surface area contributed by atoms with Crippen LogP contribution < -0.4 is 5.32 Å². The van der Waals surface area contributed by atoms with E-state index < -0.39 is 11.9 Å². The first-order chi connectivity index (χ1) is 11.1. The molecule has 0 aliphatic heterocycles. The van der Waals surface area contributed by atoms with Crippen molar-refractivity contribution in [3.8, 4) is 0 Å². The maximum absolute atomic E-state index is 12.3. The molecule has 3 rings (SSSR count). The summed E-state index contributed by atoms with van der Waals surface area (Å²) in [6.07, 6.45) is 3.25. The van der Waals surface area contributed by atoms with Crippen LogP contribution in [0.15, 0.2) is 36.8 Å². The number of hydrogen-bond donors (Lipinski definition) is 3. The molecular weight excluding hydrogens is 300 g/mol. The van der Waals surface area contributed by atoms with Crippen LogP contribution in [0.25, 0.3) is 11.0 Å². The third kappa shape index (κ3) is 2.53. The molecule has 0 aliphatic carbocycles. The van der Waals surface area contributed by atoms with Crippen molar-refractivity contribution in [2.45, 2.75) is 0 Å². The lowest BCUT2D eigenvalue weighted by atomic mass is 10.1. The van der Waals surface area contributed by atoms with E-state index >= 15 is 0 Å². The van der Waals surface area contributed by atoms with Crippen molar-refractivity contribution in [3.63, 3.8) is 0 Å². The third-order valence-corrected chi connectivity index (χ3v) is 3.25. The lowest BCUT2D eigenvalue weighted by molar-refractivity contribution is 0.0692. The van der Waals surface area contributed by atoms with Gasteiger partial charge in [0.25, 0.3) is 5.91 Å². The molecule has 8 heteroatoms. The van der Waals surface area contributed by atoms with Crippen molar-refractivity contribution in [1.29, 1.82) is 0 Å². The number of aromatic nitrogens is 3. The quantitative estimate of drug-likeness (QED) is 0.630. The number of nitrogens with zero attached hydrogens (tertiary/aromatic N) is 2. The van der Waals surface area contributed by atoms with Gasteiger partial charge in [-0.3, -0.25) is 9.59 Å². The minimum absolute atomic E-state index is 0.0269. The summed E-state index contributed by atoms with van der Waals surface area (Å²) in [5.74, 6) is -1.78. The number of hydrogen-bond acceptors (Lipinski definition) is 5. The van der Waals surface area contributed by atoms with E-state index in [1.807, 2.05) is 0 Å². The predicted octanol–water partition coefficient (Wildman–Crippen LogP) is 1.72. The van der Waals surface area contributed by atoms with Gasteiger partial charge in [-0.25, -0.2) is 14.8 Å². The Morgan fingerprint density at radius 3 is 2.61 bits per heavy atom. The summed E-state index contributed by atoms with van der Waals surface area (Å²) < 4.78 is 0. The Morgan fingerprint density at radius 2 is 1.91 bits per heavy atom. The fourth-order valence-electron chi connectivity index (χ4n) is 2.20. The number of aromatic amines is 1. The number of carboxylic acid groups (broad SMARTS) is 1. The Labute approximate surface area is 129 Å². The minimum Gasteiger partial charge on any atom is -0.478 e. The lowest BCUT2D eigenvalue weighted by Crippen LogP contribution is -2.16. The summed E-state index contributed by atoms with van der Waals surface area (Å²) in [5, 5.41) is 11.7. The van der Waals surface area contributed by atoms with Crippen LogP contribution in [0.4, 0.5) is 5.69 Å². The molecule has 0 aliphatic rings. The van der Waals surface area contributed by atoms with E-state index in [1.54, 1.807) is 6.07 Å². The number of aromatic carboxylic acids is 1. The Balaban J connectivity index is 1.99. The SMILES string of the molecule is O=Cc1ncnc2c(NC(=O)c3ccccc3C(=O)O)c[nH]c12. The summed E-state index contributed by atoms with van der Waals surface area (Å²) in [4.78, 5) is 45.1. The molecule has 0 fully saturated rings. The molecular formula is C15H10N4O4. The number of aldehydes is 1. The average Bonchev–Trinajstić information content (AvgIpc) is 2.97. The maximum atomic E-state index is 12.3. The number of benzene rings is 1. The van der Waals surface area contributed by atoms with E-state index in [2.05, 4.69) is 20.3 Å². The van der Waals surface area contributed by atoms with E-state index in [0.29, 0.717) is 23.0 Å². The highest BCUT2D eigenvalue weighted by Gasteiger charge is 2.18. The molecule has 1 aromatic carbocycles. The third-order valence-electron chi connectivity index (χ3n) is 3.25. The number of rotatable bonds is 4. The lowest BCUT2D eigenvalue weighted by Gasteiger charge is -2.06. The molecule has 8 nitrogen and oxygen atoms in total. The van der Waals surface area contributed by atoms with Gasteiger partial charge in [0.05, 0.1) is 22.3 Å². The molecule has 3 aromatic rings. The van der Waals surface area contributed by atoms with Crippen molar-refractivity contribution < 1.29 is 19.5 Å². The molecule has 0 unspecified atom stereocenters. The van der Waals surface area contributed by atoms with Gasteiger partial charge in [0.15, 0.2) is 6.29 Å². The number of carbonyl (C=O) groups excluding carboxylic acids is 2. The van der Waals surface area contributed by atoms with Gasteiger partial charge in [-0.1, -0.05) is 12.1 Å². The van der Waals surface area contributed by atoms with Crippen LogP contribution >= 0.6 is 0 Å². The van der Waals surface area contributed by atoms with E-state index in [0.717, 1.165) is 0 Å². The van der Waals surface area contributed by atoms with E-state index in [-0.39, 0.29) is 16.8 Å². The van der Waals surface area contributed by atoms with Crippen LogP contribution in [0.5, 0.6) is 0 Å². The molecule has 0 bridgehead atoms. The van der Waals surface area contributed by atoms with Crippen molar-refractivity contribution >= 4 is 34.9 Å². The second-order valence-electron chi connectivity index (χ2n) is 4.61. The smallest absolute Gasteiger partial charge is 0.336 e. The van der Waals surface area contributed by atoms with Crippen LogP contribution in [0.1, 0.15) is 31.2 Å². The summed E-state index contributed by atoms with van der Waals surface area (Å²) >= 11 is 0. The van der Waals surface area contributed by atoms with Gasteiger partial charge in [-0.05, 0) is 12.1 Å². The molecule has 2 aromatic heterocycles. The first-order valence-corrected chi connectivity index (χ1v) is 6.52. The fraction of sp³-hybridized carbons (Fsp3) is 0. The van der Waals surface area contributed by atoms with Crippen LogP contribution in [-0.2, 0) is 0 Å². The molecule has 1 amide bonds. The van der Waals surface area contributed by atoms with Crippen LogP contribution in [-0.4, -0.2) is 38.2 Å². The van der Waals surface area contributed by atoms with E-state index in [9.17, 15) is 14.4 Å². The molecule has 0 saturated carbocycles. The summed E-state index contributed by atoms with van der Waals surface area (Å²) in [6, 6.07) is 5.87. The average molecular weight is 310 g/mol. The molecule has 3 N–H and O–H groups in total. The van der Waals surface area contributed by atoms with Crippen LogP contribution in [0.3, 0.4) is 0 Å². The highest BCUT2D eigenvalue weighted by molar-refractivity contribution is 6.13. The van der Waals surface area contributed by atoms with Gasteiger partial charge in [-0.15, -0.1) is 0 Å². The molecule has 2 heterocycles. The van der Waals surface area contributed by atoms with Crippen molar-refractivity contribution in [2.24, 2.45) is 0 Å². The standard InChI is InChI=1S/C15H10N4O4/c20-6-11-13-12(18-7-17-11)10(5-16-13)19-14(21)8-3-1-2-4-9(8)15(22)23/h1-7,16H,(H,19,21)(H,22,23). The molecule has 0 radical (unpaired) electrons. The van der Waals surface area contributed by atoms with Crippen molar-refractivity contribution in [1.82, 2.24) is 15.0 Å². The largest absolute Gasteiger partial charge is 0.478 e. The minimum atomic E-state index is -1.19. The zero-order valence-electron chi connectivity index (χ0n) is 11.6. The number of carbonyl (C=O) groups is 3. The second-order valence-corrected chi connectivity index (χ2v) is 4.61. The summed E-state index contributed by atoms with van der Waals surface area (Å²) in [7, 11) is 0. The Hall–Kier alpha value is -3.55. The fourth-order valence-corrected chi connectivity index (χ4v) is 2.20. The second kappa shape index (κ2) is 5.68. The van der Waals surface area contributed by atoms with E-state index in [1.165, 1.54) is 30.7 Å². The number of anilines is 1. The van der Waals surface area contributed by atoms with Gasteiger partial charge in [0.2, 0.25) is 0 Å². The van der Waals surface area contributed by atoms with Gasteiger partial charge < -0.3 is 15.4 Å². The van der Waals surface area contributed by atoms with Gasteiger partial charge in [0.1, 0.15) is 17.5 Å². The first-order valence-electron chi connectivity index (χ1n) is 6.52. The Kier molecular flexibility index (Phi) is 3.55. The normalized spacial score (nSPS) is 10.4. The monoisotopic (exact) mass is 310 g/mol. The summed E-state index contributed by atoms with van der Waals surface area (Å²) in [5.41, 5.74) is 1.18. The zero-order chi connectivity index (χ0) is 16.4. The maximum Gasteiger partial charge on any atom is 0.336 e. The number of H-pyrrole nitrogens is 1. The molecule has 114 valence electrons. The van der Waals surface area contributed by atoms with Gasteiger partial charge in [-0.2, -0.15) is 0 Å². The molecule has 0 saturated heterocycles. The highest BCUT2D eigenvalue weighted by atomic mass is 16.4. The Bertz CT molecular complexity index is 932.